The van der Waals surface area contributed by atoms with Gasteiger partial charge in [0.15, 0.2) is 13.4 Å². The summed E-state index contributed by atoms with van der Waals surface area (Å²) in [6, 6.07) is 117. The molecule has 4 heterocycles. The molecule has 0 atom stereocenters. The molecule has 14 aromatic carbocycles. The fourth-order valence-corrected chi connectivity index (χ4v) is 16.8. The minimum Gasteiger partial charge on any atom is -0.365 e. The van der Waals surface area contributed by atoms with Crippen molar-refractivity contribution >= 4 is 89.8 Å². The number of aryl methyl sites for hydroxylation is 2. The summed E-state index contributed by atoms with van der Waals surface area (Å²) < 4.78 is 5.05. The van der Waals surface area contributed by atoms with Crippen LogP contribution in [0.3, 0.4) is 0 Å². The molecule has 2 aliphatic rings. The van der Waals surface area contributed by atoms with Crippen LogP contribution in [0.5, 0.6) is 0 Å². The Morgan fingerprint density at radius 2 is 0.718 bits per heavy atom. The Morgan fingerprint density at radius 3 is 1.16 bits per heavy atom. The Morgan fingerprint density at radius 1 is 0.340 bits per heavy atom. The first-order chi connectivity index (χ1) is 49.0. The Hall–Kier alpha value is -9.60. The summed E-state index contributed by atoms with van der Waals surface area (Å²) in [5.74, 6) is 0. The van der Waals surface area contributed by atoms with Crippen LogP contribution in [0.2, 0.25) is 0 Å². The molecular weight excluding hydrogens is 1690 g/mol. The predicted molar refractivity (Wildman–Crippen MR) is 427 cm³/mol. The van der Waals surface area contributed by atoms with Gasteiger partial charge in [0.2, 0.25) is 0 Å². The van der Waals surface area contributed by atoms with Crippen molar-refractivity contribution in [1.29, 1.82) is 5.26 Å². The summed E-state index contributed by atoms with van der Waals surface area (Å²) in [5.41, 5.74) is 37.2. The number of hydrogen-bond acceptors (Lipinski definition) is 1. The first-order valence-electron chi connectivity index (χ1n) is 35.3. The molecule has 0 aliphatic carbocycles. The zero-order valence-electron chi connectivity index (χ0n) is 59.4. The van der Waals surface area contributed by atoms with Gasteiger partial charge in [-0.1, -0.05) is 238 Å². The van der Waals surface area contributed by atoms with Gasteiger partial charge in [-0.3, -0.25) is 0 Å². The molecule has 18 rings (SSSR count). The van der Waals surface area contributed by atoms with Crippen LogP contribution in [0, 0.1) is 119 Å². The van der Waals surface area contributed by atoms with E-state index in [4.69, 9.17) is 0 Å². The Labute approximate surface area is 653 Å². The van der Waals surface area contributed by atoms with E-state index < -0.39 is 0 Å². The van der Waals surface area contributed by atoms with E-state index in [1.807, 2.05) is 24.3 Å². The Bertz CT molecular complexity index is 6090. The number of benzene rings is 14. The zero-order valence-corrected chi connectivity index (χ0v) is 67.7. The molecular formula is C96H71B2N3U2. The molecule has 103 heavy (non-hydrogen) atoms. The van der Waals surface area contributed by atoms with Crippen LogP contribution in [-0.4, -0.2) is 22.6 Å². The second-order valence-electron chi connectivity index (χ2n) is 30.1. The van der Waals surface area contributed by atoms with Crippen LogP contribution in [-0.2, 0) is 10.8 Å². The topological polar surface area (TPSA) is 33.6 Å². The third kappa shape index (κ3) is 11.5. The summed E-state index contributed by atoms with van der Waals surface area (Å²) in [6.07, 6.45) is 0. The number of rotatable bonds is 9. The fraction of sp³-hybridized carbons (Fsp3) is 0.115. The van der Waals surface area contributed by atoms with Crippen LogP contribution in [0.25, 0.3) is 133 Å². The summed E-state index contributed by atoms with van der Waals surface area (Å²) in [5, 5.41) is 14.6. The standard InChI is InChI=1S/C96H71B2N3.2U/c1-59-49-60(2)92(72-34-46-84-90(57-72)101-88-47-35-69(63-19-13-10-14-20-63)50-79(88)81-52-73(64-21-15-11-16-22-64)55-86(94(81)101)98(84)78-43-39-76(40-44-78)96(7,8)9)61(3)91(59)68-31-29-67(30-32-68)70-36-48-87-80(51-70)82-53-74(65-23-17-12-18-24-65)54-85-93(82)100(87)89-56-71(66-27-25-62(58-99)26-28-66)33-45-83(89)97(85)77-41-37-75(38-42-77)95(4,5)6;;/h10-41,43,47-57H,1-9H3;;/q-4;2*+2. The molecule has 0 saturated carbocycles. The molecule has 0 radical (unpaired) electrons. The van der Waals surface area contributed by atoms with Gasteiger partial charge in [0.1, 0.15) is 0 Å². The Kier molecular flexibility index (Phi) is 17.3. The van der Waals surface area contributed by atoms with Gasteiger partial charge in [-0.25, -0.2) is 0 Å². The SMILES string of the molecule is Cc1cc(C)c(-c2c[c-]c3c(c2)-n2c4ccc(-c5ccccc5)cc4c4cc(-c5ccccc5)cc(c42)B3c2[c-]cc(C(C)(C)C)cc2)c(C)c1-c1ccc(-c2ccc3c(c2)c2cc(-c4ccccc4)cc4c2n3-c2cc(-c3ccc(C#N)cc3)c[c-]c2B4c2[c-]cc(C(C)(C)C)cc2)cc1.[U+2].[U+2]. The molecule has 0 saturated heterocycles. The van der Waals surface area contributed by atoms with E-state index in [0.717, 1.165) is 66.6 Å². The van der Waals surface area contributed by atoms with Gasteiger partial charge >= 0.3 is 62.2 Å². The first-order valence-corrected chi connectivity index (χ1v) is 35.3. The van der Waals surface area contributed by atoms with Gasteiger partial charge in [-0.2, -0.15) is 111 Å². The van der Waals surface area contributed by atoms with Crippen LogP contribution in [0.4, 0.5) is 0 Å². The fourth-order valence-electron chi connectivity index (χ4n) is 16.8. The van der Waals surface area contributed by atoms with Crippen LogP contribution in [0.1, 0.15) is 74.9 Å². The second-order valence-corrected chi connectivity index (χ2v) is 30.1. The van der Waals surface area contributed by atoms with Crippen molar-refractivity contribution in [1.82, 2.24) is 9.13 Å². The monoisotopic (exact) mass is 1760 g/mol. The zero-order chi connectivity index (χ0) is 68.7. The summed E-state index contributed by atoms with van der Waals surface area (Å²) in [4.78, 5) is 0. The maximum atomic E-state index is 9.74. The molecule has 7 heteroatoms. The average Bonchev–Trinajstić information content (AvgIpc) is 1.57. The Balaban J connectivity index is 0.00000410. The third-order valence-corrected chi connectivity index (χ3v) is 21.8. The number of nitrogens with zero attached hydrogens (tertiary/aromatic N) is 3. The van der Waals surface area contributed by atoms with E-state index in [9.17, 15) is 5.26 Å². The van der Waals surface area contributed by atoms with Gasteiger partial charge in [0.25, 0.3) is 0 Å². The van der Waals surface area contributed by atoms with Gasteiger partial charge in [0.05, 0.1) is 11.6 Å². The molecule has 484 valence electrons. The number of hydrogen-bond donors (Lipinski definition) is 0. The average molecular weight is 1760 g/mol. The quantitative estimate of drug-likeness (QED) is 0.105. The van der Waals surface area contributed by atoms with Crippen molar-refractivity contribution in [2.24, 2.45) is 0 Å². The predicted octanol–water partition coefficient (Wildman–Crippen LogP) is 19.8. The molecule has 2 aromatic heterocycles. The maximum absolute atomic E-state index is 9.74. The van der Waals surface area contributed by atoms with E-state index in [1.165, 1.54) is 127 Å². The van der Waals surface area contributed by atoms with E-state index in [1.54, 1.807) is 0 Å². The van der Waals surface area contributed by atoms with E-state index in [-0.39, 0.29) is 86.5 Å². The van der Waals surface area contributed by atoms with Gasteiger partial charge < -0.3 is 9.13 Å². The molecule has 0 fully saturated rings. The summed E-state index contributed by atoms with van der Waals surface area (Å²) in [7, 11) is 0. The maximum Gasteiger partial charge on any atom is 2.00 e. The van der Waals surface area contributed by atoms with Crippen molar-refractivity contribution in [3.05, 3.63) is 325 Å². The van der Waals surface area contributed by atoms with Gasteiger partial charge in [0, 0.05) is 43.6 Å². The smallest absolute Gasteiger partial charge is 0.365 e. The molecule has 3 nitrogen and oxygen atoms in total. The van der Waals surface area contributed by atoms with Gasteiger partial charge in [-0.15, -0.1) is 23.3 Å². The van der Waals surface area contributed by atoms with Crippen LogP contribution >= 0.6 is 0 Å². The van der Waals surface area contributed by atoms with Crippen molar-refractivity contribution < 1.29 is 62.2 Å². The summed E-state index contributed by atoms with van der Waals surface area (Å²) >= 11 is 0. The first kappa shape index (κ1) is 67.9. The molecule has 0 unspecified atom stereocenters. The molecule has 0 N–H and O–H groups in total. The third-order valence-electron chi connectivity index (χ3n) is 21.8. The van der Waals surface area contributed by atoms with E-state index in [0.29, 0.717) is 5.56 Å². The molecule has 16 aromatic rings. The molecule has 0 spiro atoms. The van der Waals surface area contributed by atoms with Gasteiger partial charge in [-0.05, 0) is 147 Å². The summed E-state index contributed by atoms with van der Waals surface area (Å²) in [6.45, 7) is 20.2. The minimum absolute atomic E-state index is 0. The normalized spacial score (nSPS) is 12.3. The van der Waals surface area contributed by atoms with E-state index >= 15 is 0 Å². The van der Waals surface area contributed by atoms with E-state index in [2.05, 4.69) is 344 Å². The largest absolute Gasteiger partial charge is 2.00 e. The van der Waals surface area contributed by atoms with Crippen molar-refractivity contribution in [2.75, 3.05) is 0 Å². The van der Waals surface area contributed by atoms with Crippen LogP contribution in [0.15, 0.2) is 267 Å². The van der Waals surface area contributed by atoms with Crippen LogP contribution < -0.4 is 32.8 Å². The van der Waals surface area contributed by atoms with Crippen molar-refractivity contribution in [2.45, 2.75) is 73.1 Å². The van der Waals surface area contributed by atoms with Crippen molar-refractivity contribution in [3.8, 4) is 95.3 Å². The molecule has 0 bridgehead atoms. The van der Waals surface area contributed by atoms with Crippen molar-refractivity contribution in [3.63, 3.8) is 0 Å². The molecule has 2 aliphatic heterocycles. The minimum atomic E-state index is -0.136. The second kappa shape index (κ2) is 26.3. The number of aromatic nitrogens is 2. The number of fused-ring (bicyclic) bond motifs is 10. The number of nitriles is 1. The molecule has 0 amide bonds.